The molecule has 2 unspecified atom stereocenters. The molecule has 1 aliphatic heterocycles. The van der Waals surface area contributed by atoms with Crippen molar-refractivity contribution in [1.29, 1.82) is 0 Å². The third kappa shape index (κ3) is 3.28. The summed E-state index contributed by atoms with van der Waals surface area (Å²) >= 11 is 0. The molecular weight excluding hydrogens is 306 g/mol. The molecule has 0 bridgehead atoms. The second kappa shape index (κ2) is 6.76. The molecule has 0 radical (unpaired) electrons. The smallest absolute Gasteiger partial charge is 0.159 e. The largest absolute Gasteiger partial charge is 0.297 e. The molecular formula is C23H27NO. The molecule has 4 rings (SSSR count). The van der Waals surface area contributed by atoms with Gasteiger partial charge in [-0.2, -0.15) is 0 Å². The van der Waals surface area contributed by atoms with Crippen molar-refractivity contribution in [2.45, 2.75) is 58.0 Å². The van der Waals surface area contributed by atoms with Crippen molar-refractivity contribution in [3.05, 3.63) is 59.2 Å². The van der Waals surface area contributed by atoms with E-state index in [1.165, 1.54) is 55.3 Å². The van der Waals surface area contributed by atoms with Crippen LogP contribution in [0.3, 0.4) is 0 Å². The quantitative estimate of drug-likeness (QED) is 0.745. The third-order valence-corrected chi connectivity index (χ3v) is 6.08. The van der Waals surface area contributed by atoms with Crippen LogP contribution < -0.4 is 0 Å². The fourth-order valence-corrected chi connectivity index (χ4v) is 4.61. The van der Waals surface area contributed by atoms with Crippen molar-refractivity contribution in [2.24, 2.45) is 0 Å². The van der Waals surface area contributed by atoms with Crippen LogP contribution in [0.4, 0.5) is 0 Å². The third-order valence-electron chi connectivity index (χ3n) is 6.08. The van der Waals surface area contributed by atoms with Gasteiger partial charge in [-0.1, -0.05) is 36.4 Å². The van der Waals surface area contributed by atoms with Crippen molar-refractivity contribution < 1.29 is 4.79 Å². The maximum absolute atomic E-state index is 11.6. The molecule has 2 nitrogen and oxygen atoms in total. The molecule has 1 fully saturated rings. The summed E-state index contributed by atoms with van der Waals surface area (Å²) in [5.41, 5.74) is 6.18. The van der Waals surface area contributed by atoms with Gasteiger partial charge < -0.3 is 0 Å². The summed E-state index contributed by atoms with van der Waals surface area (Å²) in [5.74, 6) is 0.127. The van der Waals surface area contributed by atoms with E-state index in [-0.39, 0.29) is 5.78 Å². The number of likely N-dealkylation sites (tertiary alicyclic amines) is 1. The van der Waals surface area contributed by atoms with Gasteiger partial charge in [0.15, 0.2) is 5.78 Å². The van der Waals surface area contributed by atoms with Gasteiger partial charge in [0.2, 0.25) is 0 Å². The normalized spacial score (nSPS) is 23.4. The molecule has 2 aromatic carbocycles. The molecule has 1 saturated heterocycles. The van der Waals surface area contributed by atoms with Gasteiger partial charge in [0.05, 0.1) is 0 Å². The Balaban J connectivity index is 1.58. The molecule has 2 heteroatoms. The molecule has 1 heterocycles. The summed E-state index contributed by atoms with van der Waals surface area (Å²) in [6.45, 7) is 5.29. The highest BCUT2D eigenvalue weighted by Gasteiger charge is 2.30. The number of fused-ring (bicyclic) bond motifs is 1. The Bertz CT molecular complexity index is 794. The fraction of sp³-hybridized carbons (Fsp3) is 0.435. The van der Waals surface area contributed by atoms with Crippen molar-refractivity contribution >= 4 is 5.78 Å². The minimum Gasteiger partial charge on any atom is -0.297 e. The second-order valence-corrected chi connectivity index (χ2v) is 7.75. The average molecular weight is 333 g/mol. The van der Waals surface area contributed by atoms with E-state index >= 15 is 0 Å². The van der Waals surface area contributed by atoms with Crippen LogP contribution in [-0.4, -0.2) is 29.3 Å². The second-order valence-electron chi connectivity index (χ2n) is 7.75. The van der Waals surface area contributed by atoms with Gasteiger partial charge in [-0.05, 0) is 80.8 Å². The van der Waals surface area contributed by atoms with Crippen molar-refractivity contribution in [1.82, 2.24) is 4.90 Å². The zero-order chi connectivity index (χ0) is 17.4. The first-order valence-corrected chi connectivity index (χ1v) is 9.61. The standard InChI is InChI=1S/C23H27NO/c1-16-5-4-12-24(16)23-11-10-21-14-20(8-9-22(21)15-23)19-7-3-6-18(13-19)17(2)25/h3,6-9,13-14,16,23H,4-5,10-12,15H2,1-2H3. The molecule has 2 aliphatic rings. The number of ketones is 1. The highest BCUT2D eigenvalue weighted by Crippen LogP contribution is 2.32. The monoisotopic (exact) mass is 333 g/mol. The number of hydrogen-bond acceptors (Lipinski definition) is 2. The lowest BCUT2D eigenvalue weighted by Gasteiger charge is -2.35. The molecule has 0 N–H and O–H groups in total. The molecule has 2 aromatic rings. The van der Waals surface area contributed by atoms with Crippen LogP contribution in [-0.2, 0) is 12.8 Å². The van der Waals surface area contributed by atoms with Gasteiger partial charge in [-0.3, -0.25) is 9.69 Å². The van der Waals surface area contributed by atoms with E-state index in [2.05, 4.69) is 36.1 Å². The van der Waals surface area contributed by atoms with Crippen molar-refractivity contribution in [3.8, 4) is 11.1 Å². The number of rotatable bonds is 3. The number of Topliss-reactive ketones (excluding diaryl/α,β-unsaturated/α-hetero) is 1. The first kappa shape index (κ1) is 16.5. The number of carbonyl (C=O) groups excluding carboxylic acids is 1. The minimum atomic E-state index is 0.127. The van der Waals surface area contributed by atoms with Gasteiger partial charge in [0.25, 0.3) is 0 Å². The lowest BCUT2D eigenvalue weighted by Crippen LogP contribution is -2.41. The molecule has 0 aromatic heterocycles. The Morgan fingerprint density at radius 2 is 1.88 bits per heavy atom. The molecule has 25 heavy (non-hydrogen) atoms. The molecule has 0 spiro atoms. The van der Waals surface area contributed by atoms with Crippen molar-refractivity contribution in [2.75, 3.05) is 6.54 Å². The highest BCUT2D eigenvalue weighted by molar-refractivity contribution is 5.95. The summed E-state index contributed by atoms with van der Waals surface area (Å²) in [6.07, 6.45) is 6.34. The van der Waals surface area contributed by atoms with Gasteiger partial charge in [-0.15, -0.1) is 0 Å². The topological polar surface area (TPSA) is 20.3 Å². The first-order valence-electron chi connectivity index (χ1n) is 9.61. The first-order chi connectivity index (χ1) is 12.1. The van der Waals surface area contributed by atoms with E-state index in [1.807, 2.05) is 18.2 Å². The molecule has 0 saturated carbocycles. The van der Waals surface area contributed by atoms with E-state index in [9.17, 15) is 4.79 Å². The van der Waals surface area contributed by atoms with Gasteiger partial charge in [-0.25, -0.2) is 0 Å². The Hall–Kier alpha value is -1.93. The maximum Gasteiger partial charge on any atom is 0.159 e. The molecule has 0 amide bonds. The van der Waals surface area contributed by atoms with Crippen LogP contribution >= 0.6 is 0 Å². The predicted octanol–water partition coefficient (Wildman–Crippen LogP) is 4.90. The number of hydrogen-bond donors (Lipinski definition) is 0. The minimum absolute atomic E-state index is 0.127. The predicted molar refractivity (Wildman–Crippen MR) is 103 cm³/mol. The summed E-state index contributed by atoms with van der Waals surface area (Å²) in [5, 5.41) is 0. The van der Waals surface area contributed by atoms with E-state index in [0.29, 0.717) is 0 Å². The Kier molecular flexibility index (Phi) is 4.47. The Labute approximate surface area is 150 Å². The van der Waals surface area contributed by atoms with Crippen molar-refractivity contribution in [3.63, 3.8) is 0 Å². The zero-order valence-electron chi connectivity index (χ0n) is 15.3. The highest BCUT2D eigenvalue weighted by atomic mass is 16.1. The number of aryl methyl sites for hydroxylation is 1. The summed E-state index contributed by atoms with van der Waals surface area (Å²) in [6, 6.07) is 16.4. The maximum atomic E-state index is 11.6. The molecule has 1 aliphatic carbocycles. The average Bonchev–Trinajstić information content (AvgIpc) is 3.07. The molecule has 2 atom stereocenters. The molecule has 130 valence electrons. The van der Waals surface area contributed by atoms with Crippen LogP contribution in [0, 0.1) is 0 Å². The number of nitrogens with zero attached hydrogens (tertiary/aromatic N) is 1. The summed E-state index contributed by atoms with van der Waals surface area (Å²) < 4.78 is 0. The van der Waals surface area contributed by atoms with E-state index in [4.69, 9.17) is 0 Å². The van der Waals surface area contributed by atoms with E-state index in [0.717, 1.165) is 23.2 Å². The Morgan fingerprint density at radius 1 is 1.04 bits per heavy atom. The van der Waals surface area contributed by atoms with Gasteiger partial charge in [0, 0.05) is 17.6 Å². The summed E-state index contributed by atoms with van der Waals surface area (Å²) in [4.78, 5) is 14.4. The summed E-state index contributed by atoms with van der Waals surface area (Å²) in [7, 11) is 0. The van der Waals surface area contributed by atoms with Crippen LogP contribution in [0.1, 0.15) is 54.6 Å². The van der Waals surface area contributed by atoms with E-state index < -0.39 is 0 Å². The van der Waals surface area contributed by atoms with E-state index in [1.54, 1.807) is 6.92 Å². The zero-order valence-corrected chi connectivity index (χ0v) is 15.3. The number of benzene rings is 2. The van der Waals surface area contributed by atoms with Crippen LogP contribution in [0.15, 0.2) is 42.5 Å². The van der Waals surface area contributed by atoms with Gasteiger partial charge in [0.1, 0.15) is 0 Å². The lowest BCUT2D eigenvalue weighted by molar-refractivity contribution is 0.101. The van der Waals surface area contributed by atoms with Crippen LogP contribution in [0.5, 0.6) is 0 Å². The van der Waals surface area contributed by atoms with Crippen LogP contribution in [0.2, 0.25) is 0 Å². The Morgan fingerprint density at radius 3 is 2.64 bits per heavy atom. The number of carbonyl (C=O) groups is 1. The van der Waals surface area contributed by atoms with Crippen LogP contribution in [0.25, 0.3) is 11.1 Å². The fourth-order valence-electron chi connectivity index (χ4n) is 4.61. The van der Waals surface area contributed by atoms with Gasteiger partial charge >= 0.3 is 0 Å². The SMILES string of the molecule is CC(=O)c1cccc(-c2ccc3c(c2)CCC(N2CCCC2C)C3)c1. The lowest BCUT2D eigenvalue weighted by atomic mass is 9.85.